The first kappa shape index (κ1) is 14.1. The molecule has 0 fully saturated rings. The summed E-state index contributed by atoms with van der Waals surface area (Å²) in [5, 5.41) is 3.29. The maximum Gasteiger partial charge on any atom is 0.321 e. The summed E-state index contributed by atoms with van der Waals surface area (Å²) < 4.78 is 11.6. The van der Waals surface area contributed by atoms with Gasteiger partial charge < -0.3 is 11.1 Å². The van der Waals surface area contributed by atoms with Crippen LogP contribution in [0.5, 0.6) is 0 Å². The first-order chi connectivity index (χ1) is 6.93. The number of carbonyl (C=O) groups is 2. The molecule has 0 saturated carbocycles. The molecule has 0 aliphatic heterocycles. The molecule has 3 atom stereocenters. The van der Waals surface area contributed by atoms with Crippen LogP contribution in [0, 0.1) is 0 Å². The van der Waals surface area contributed by atoms with E-state index in [1.54, 1.807) is 6.92 Å². The van der Waals surface area contributed by atoms with Gasteiger partial charge in [-0.25, -0.2) is 4.79 Å². The van der Waals surface area contributed by atoms with Crippen molar-refractivity contribution in [3.63, 3.8) is 0 Å². The van der Waals surface area contributed by atoms with Crippen LogP contribution in [0.25, 0.3) is 0 Å². The molecule has 0 aromatic heterocycles. The summed E-state index contributed by atoms with van der Waals surface area (Å²) in [5.74, 6) is -0.562. The molecule has 0 saturated heterocycles. The van der Waals surface area contributed by atoms with E-state index in [1.807, 2.05) is 0 Å². The molecule has 7 heteroatoms. The van der Waals surface area contributed by atoms with Gasteiger partial charge in [-0.15, -0.1) is 0 Å². The molecule has 0 heterocycles. The van der Waals surface area contributed by atoms with Gasteiger partial charge in [0.25, 0.3) is 0 Å². The van der Waals surface area contributed by atoms with E-state index in [1.165, 1.54) is 14.0 Å². The highest BCUT2D eigenvalue weighted by atomic mass is 32.2. The van der Waals surface area contributed by atoms with Crippen LogP contribution in [0.3, 0.4) is 0 Å². The van der Waals surface area contributed by atoms with Crippen LogP contribution in [0.4, 0.5) is 4.79 Å². The van der Waals surface area contributed by atoms with Crippen LogP contribution in [-0.4, -0.2) is 40.2 Å². The third kappa shape index (κ3) is 4.39. The highest BCUT2D eigenvalue weighted by Gasteiger charge is 2.24. The summed E-state index contributed by atoms with van der Waals surface area (Å²) in [4.78, 5) is 22.2. The lowest BCUT2D eigenvalue weighted by Gasteiger charge is -2.14. The fraction of sp³-hybridized carbons (Fsp3) is 0.750. The molecule has 3 unspecified atom stereocenters. The van der Waals surface area contributed by atoms with E-state index >= 15 is 0 Å². The normalized spacial score (nSPS) is 16.3. The number of nitrogens with one attached hydrogen (secondary N) is 2. The summed E-state index contributed by atoms with van der Waals surface area (Å²) in [6, 6.07) is -0.607. The topological polar surface area (TPSA) is 101 Å². The van der Waals surface area contributed by atoms with E-state index in [0.29, 0.717) is 0 Å². The van der Waals surface area contributed by atoms with Crippen LogP contribution in [0.15, 0.2) is 0 Å². The second-order valence-electron chi connectivity index (χ2n) is 3.09. The Morgan fingerprint density at radius 1 is 1.40 bits per heavy atom. The summed E-state index contributed by atoms with van der Waals surface area (Å²) in [5.41, 5.74) is 5.33. The number of urea groups is 1. The van der Waals surface area contributed by atoms with Crippen LogP contribution in [0.1, 0.15) is 13.8 Å². The molecule has 88 valence electrons. The van der Waals surface area contributed by atoms with Gasteiger partial charge in [-0.1, -0.05) is 0 Å². The Labute approximate surface area is 91.4 Å². The first-order valence-electron chi connectivity index (χ1n) is 4.56. The molecule has 0 aromatic carbocycles. The average Bonchev–Trinajstić information content (AvgIpc) is 2.25. The third-order valence-electron chi connectivity index (χ3n) is 1.91. The second-order valence-corrected chi connectivity index (χ2v) is 5.25. The lowest BCUT2D eigenvalue weighted by Crippen LogP contribution is -2.45. The van der Waals surface area contributed by atoms with Crippen molar-refractivity contribution in [3.05, 3.63) is 0 Å². The monoisotopic (exact) mass is 235 g/mol. The molecule has 0 aliphatic carbocycles. The molecule has 3 amide bonds. The van der Waals surface area contributed by atoms with Crippen molar-refractivity contribution in [3.8, 4) is 0 Å². The van der Waals surface area contributed by atoms with Crippen LogP contribution in [-0.2, 0) is 15.6 Å². The molecular formula is C8H17N3O3S. The van der Waals surface area contributed by atoms with Gasteiger partial charge in [0.15, 0.2) is 0 Å². The zero-order valence-corrected chi connectivity index (χ0v) is 9.89. The predicted molar refractivity (Wildman–Crippen MR) is 58.7 cm³/mol. The van der Waals surface area contributed by atoms with Gasteiger partial charge in [-0.2, -0.15) is 0 Å². The van der Waals surface area contributed by atoms with Crippen molar-refractivity contribution in [2.45, 2.75) is 24.3 Å². The fourth-order valence-electron chi connectivity index (χ4n) is 0.825. The zero-order chi connectivity index (χ0) is 12.0. The van der Waals surface area contributed by atoms with Crippen molar-refractivity contribution in [1.29, 1.82) is 0 Å². The van der Waals surface area contributed by atoms with Crippen molar-refractivity contribution >= 4 is 22.7 Å². The molecule has 0 radical (unpaired) electrons. The number of hydrogen-bond acceptors (Lipinski definition) is 4. The standard InChI is InChI=1S/C8H17N3O3S/c1-5(4-9)15(14)6(2)7(12)11-8(13)10-3/h5-6H,4,9H2,1-3H3,(H2,10,11,12,13). The minimum atomic E-state index is -1.38. The highest BCUT2D eigenvalue weighted by molar-refractivity contribution is 7.87. The first-order valence-corrected chi connectivity index (χ1v) is 5.83. The van der Waals surface area contributed by atoms with Crippen molar-refractivity contribution in [2.75, 3.05) is 13.6 Å². The molecule has 0 aliphatic rings. The molecule has 6 nitrogen and oxygen atoms in total. The number of rotatable bonds is 4. The van der Waals surface area contributed by atoms with E-state index in [4.69, 9.17) is 5.73 Å². The number of nitrogens with two attached hydrogens (primary N) is 1. The Kier molecular flexibility index (Phi) is 6.11. The maximum atomic E-state index is 11.6. The van der Waals surface area contributed by atoms with E-state index in [9.17, 15) is 13.8 Å². The number of imide groups is 1. The van der Waals surface area contributed by atoms with Gasteiger partial charge >= 0.3 is 6.03 Å². The molecular weight excluding hydrogens is 218 g/mol. The number of hydrogen-bond donors (Lipinski definition) is 3. The summed E-state index contributed by atoms with van der Waals surface area (Å²) in [6.07, 6.45) is 0. The van der Waals surface area contributed by atoms with Crippen LogP contribution in [0.2, 0.25) is 0 Å². The van der Waals surface area contributed by atoms with Gasteiger partial charge in [0, 0.05) is 29.6 Å². The number of carbonyl (C=O) groups excluding carboxylic acids is 2. The fourth-order valence-corrected chi connectivity index (χ4v) is 1.98. The Morgan fingerprint density at radius 2 is 1.93 bits per heavy atom. The van der Waals surface area contributed by atoms with Crippen LogP contribution < -0.4 is 16.4 Å². The second kappa shape index (κ2) is 6.52. The summed E-state index contributed by atoms with van der Waals surface area (Å²) in [6.45, 7) is 3.44. The minimum absolute atomic E-state index is 0.240. The van der Waals surface area contributed by atoms with Gasteiger partial charge in [0.2, 0.25) is 5.91 Å². The molecule has 0 spiro atoms. The lowest BCUT2D eigenvalue weighted by molar-refractivity contribution is -0.119. The Bertz CT molecular complexity index is 270. The molecule has 0 aromatic rings. The Morgan fingerprint density at radius 3 is 2.33 bits per heavy atom. The molecule has 0 rings (SSSR count). The summed E-state index contributed by atoms with van der Waals surface area (Å²) >= 11 is 0. The van der Waals surface area contributed by atoms with E-state index in [-0.39, 0.29) is 11.8 Å². The highest BCUT2D eigenvalue weighted by Crippen LogP contribution is 2.02. The van der Waals surface area contributed by atoms with Gasteiger partial charge in [-0.05, 0) is 13.8 Å². The lowest BCUT2D eigenvalue weighted by atomic mass is 10.4. The smallest absolute Gasteiger partial charge is 0.321 e. The average molecular weight is 235 g/mol. The van der Waals surface area contributed by atoms with Crippen molar-refractivity contribution in [2.24, 2.45) is 5.73 Å². The van der Waals surface area contributed by atoms with Crippen molar-refractivity contribution < 1.29 is 13.8 Å². The number of amides is 3. The van der Waals surface area contributed by atoms with Crippen molar-refractivity contribution in [1.82, 2.24) is 10.6 Å². The van der Waals surface area contributed by atoms with Crippen LogP contribution >= 0.6 is 0 Å². The maximum absolute atomic E-state index is 11.6. The summed E-state index contributed by atoms with van der Waals surface area (Å²) in [7, 11) is 0.0205. The van der Waals surface area contributed by atoms with E-state index < -0.39 is 28.0 Å². The minimum Gasteiger partial charge on any atom is -0.341 e. The third-order valence-corrected chi connectivity index (χ3v) is 3.81. The van der Waals surface area contributed by atoms with Gasteiger partial charge in [0.1, 0.15) is 5.25 Å². The SMILES string of the molecule is CNC(=O)NC(=O)C(C)S(=O)C(C)CN. The quantitative estimate of drug-likeness (QED) is 0.577. The molecule has 4 N–H and O–H groups in total. The predicted octanol–water partition coefficient (Wildman–Crippen LogP) is -1.07. The molecule has 15 heavy (non-hydrogen) atoms. The largest absolute Gasteiger partial charge is 0.341 e. The Balaban J connectivity index is 4.32. The zero-order valence-electron chi connectivity index (χ0n) is 9.07. The van der Waals surface area contributed by atoms with E-state index in [2.05, 4.69) is 10.6 Å². The molecule has 0 bridgehead atoms. The Hall–Kier alpha value is -0.950. The van der Waals surface area contributed by atoms with Gasteiger partial charge in [0.05, 0.1) is 0 Å². The van der Waals surface area contributed by atoms with Gasteiger partial charge in [-0.3, -0.25) is 14.3 Å². The van der Waals surface area contributed by atoms with E-state index in [0.717, 1.165) is 0 Å².